The van der Waals surface area contributed by atoms with Crippen LogP contribution in [0.5, 0.6) is 0 Å². The van der Waals surface area contributed by atoms with Gasteiger partial charge in [-0.1, -0.05) is 12.2 Å². The number of carbonyl (C=O) groups is 1. The molecule has 1 aliphatic heterocycles. The van der Waals surface area contributed by atoms with E-state index in [1.807, 2.05) is 14.0 Å². The number of ether oxygens (including phenoxy) is 1. The van der Waals surface area contributed by atoms with Gasteiger partial charge in [-0.3, -0.25) is 4.79 Å². The lowest BCUT2D eigenvalue weighted by Crippen LogP contribution is -2.43. The molecule has 1 saturated heterocycles. The van der Waals surface area contributed by atoms with E-state index in [2.05, 4.69) is 21.8 Å². The van der Waals surface area contributed by atoms with Gasteiger partial charge < -0.3 is 19.9 Å². The molecular formula is C16H30N4O2. The van der Waals surface area contributed by atoms with Crippen molar-refractivity contribution in [2.45, 2.75) is 19.8 Å². The number of amides is 1. The Bertz CT molecular complexity index is 401. The summed E-state index contributed by atoms with van der Waals surface area (Å²) in [6.07, 6.45) is 2.16. The van der Waals surface area contributed by atoms with Crippen LogP contribution in [0.2, 0.25) is 0 Å². The minimum absolute atomic E-state index is 0.00547. The molecule has 1 rings (SSSR count). The Morgan fingerprint density at radius 1 is 1.32 bits per heavy atom. The highest BCUT2D eigenvalue weighted by Gasteiger charge is 2.18. The highest BCUT2D eigenvalue weighted by Crippen LogP contribution is 2.15. The van der Waals surface area contributed by atoms with Gasteiger partial charge in [-0.2, -0.15) is 0 Å². The Morgan fingerprint density at radius 3 is 2.50 bits per heavy atom. The van der Waals surface area contributed by atoms with E-state index in [9.17, 15) is 4.79 Å². The van der Waals surface area contributed by atoms with Gasteiger partial charge in [0.25, 0.3) is 0 Å². The third-order valence-corrected chi connectivity index (χ3v) is 3.65. The minimum Gasteiger partial charge on any atom is -0.381 e. The number of hydrogen-bond donors (Lipinski definition) is 1. The first-order chi connectivity index (χ1) is 10.4. The number of guanidine groups is 1. The Balaban J connectivity index is 2.63. The number of nitrogens with one attached hydrogen (secondary N) is 1. The molecule has 1 heterocycles. The molecule has 0 aromatic carbocycles. The van der Waals surface area contributed by atoms with Gasteiger partial charge in [0, 0.05) is 47.4 Å². The van der Waals surface area contributed by atoms with Gasteiger partial charge in [0.15, 0.2) is 5.96 Å². The molecule has 0 bridgehead atoms. The molecule has 0 aliphatic carbocycles. The lowest BCUT2D eigenvalue weighted by molar-refractivity contribution is -0.127. The summed E-state index contributed by atoms with van der Waals surface area (Å²) in [7, 11) is 5.50. The normalized spacial score (nSPS) is 16.3. The van der Waals surface area contributed by atoms with E-state index in [1.54, 1.807) is 19.0 Å². The number of hydrogen-bond acceptors (Lipinski definition) is 3. The Hall–Kier alpha value is -1.56. The maximum atomic E-state index is 11.7. The fraction of sp³-hybridized carbons (Fsp3) is 0.750. The van der Waals surface area contributed by atoms with Crippen LogP contribution < -0.4 is 5.32 Å². The average Bonchev–Trinajstić information content (AvgIpc) is 2.47. The van der Waals surface area contributed by atoms with E-state index in [-0.39, 0.29) is 12.5 Å². The van der Waals surface area contributed by atoms with Gasteiger partial charge >= 0.3 is 0 Å². The molecule has 6 nitrogen and oxygen atoms in total. The molecule has 1 aliphatic rings. The molecule has 1 amide bonds. The molecule has 22 heavy (non-hydrogen) atoms. The smallest absolute Gasteiger partial charge is 0.243 e. The predicted molar refractivity (Wildman–Crippen MR) is 90.0 cm³/mol. The summed E-state index contributed by atoms with van der Waals surface area (Å²) in [6, 6.07) is 0. The molecule has 0 aromatic rings. The van der Waals surface area contributed by atoms with Crippen LogP contribution in [0.15, 0.2) is 17.1 Å². The largest absolute Gasteiger partial charge is 0.381 e. The number of likely N-dealkylation sites (N-methyl/N-ethyl adjacent to an activating group) is 1. The van der Waals surface area contributed by atoms with Crippen LogP contribution in [-0.4, -0.2) is 75.7 Å². The number of nitrogens with zero attached hydrogens (tertiary/aromatic N) is 3. The highest BCUT2D eigenvalue weighted by molar-refractivity contribution is 5.84. The van der Waals surface area contributed by atoms with E-state index < -0.39 is 0 Å². The van der Waals surface area contributed by atoms with E-state index in [1.165, 1.54) is 0 Å². The summed E-state index contributed by atoms with van der Waals surface area (Å²) in [5.74, 6) is 1.36. The van der Waals surface area contributed by atoms with Crippen molar-refractivity contribution in [3.63, 3.8) is 0 Å². The molecule has 0 aromatic heterocycles. The molecular weight excluding hydrogens is 280 g/mol. The van der Waals surface area contributed by atoms with E-state index in [0.717, 1.165) is 44.1 Å². The fourth-order valence-corrected chi connectivity index (χ4v) is 2.23. The highest BCUT2D eigenvalue weighted by atomic mass is 16.5. The standard InChI is InChI=1S/C16H30N4O2/c1-13(2)10-17-16(18-11-15(21)19(3)4)20(5)12-14-6-8-22-9-7-14/h14H,1,6-12H2,2-5H3,(H,17,18). The van der Waals surface area contributed by atoms with Crippen molar-refractivity contribution in [1.29, 1.82) is 0 Å². The second-order valence-corrected chi connectivity index (χ2v) is 6.17. The lowest BCUT2D eigenvalue weighted by Gasteiger charge is -2.29. The summed E-state index contributed by atoms with van der Waals surface area (Å²) in [4.78, 5) is 19.8. The van der Waals surface area contributed by atoms with Crippen molar-refractivity contribution in [3.8, 4) is 0 Å². The first-order valence-electron chi connectivity index (χ1n) is 7.82. The van der Waals surface area contributed by atoms with Gasteiger partial charge in [-0.25, -0.2) is 4.99 Å². The molecule has 1 fully saturated rings. The molecule has 0 atom stereocenters. The maximum absolute atomic E-state index is 11.7. The summed E-state index contributed by atoms with van der Waals surface area (Å²) >= 11 is 0. The number of aliphatic imine (C=N–C) groups is 1. The van der Waals surface area contributed by atoms with Gasteiger partial charge in [-0.05, 0) is 25.7 Å². The van der Waals surface area contributed by atoms with Crippen molar-refractivity contribution in [2.24, 2.45) is 10.9 Å². The maximum Gasteiger partial charge on any atom is 0.243 e. The molecule has 0 saturated carbocycles. The quantitative estimate of drug-likeness (QED) is 0.451. The van der Waals surface area contributed by atoms with E-state index in [4.69, 9.17) is 4.74 Å². The van der Waals surface area contributed by atoms with Crippen LogP contribution in [0.4, 0.5) is 0 Å². The second-order valence-electron chi connectivity index (χ2n) is 6.17. The molecule has 0 spiro atoms. The molecule has 126 valence electrons. The third kappa shape index (κ3) is 6.93. The van der Waals surface area contributed by atoms with Crippen LogP contribution >= 0.6 is 0 Å². The molecule has 0 radical (unpaired) electrons. The van der Waals surface area contributed by atoms with Crippen molar-refractivity contribution < 1.29 is 9.53 Å². The Kier molecular flexibility index (Phi) is 7.95. The monoisotopic (exact) mass is 310 g/mol. The van der Waals surface area contributed by atoms with Crippen molar-refractivity contribution >= 4 is 11.9 Å². The third-order valence-electron chi connectivity index (χ3n) is 3.65. The summed E-state index contributed by atoms with van der Waals surface area (Å²) in [5, 5.41) is 3.28. The second kappa shape index (κ2) is 9.46. The lowest BCUT2D eigenvalue weighted by atomic mass is 10.00. The summed E-state index contributed by atoms with van der Waals surface area (Å²) in [6.45, 7) is 9.27. The van der Waals surface area contributed by atoms with Crippen LogP contribution in [0, 0.1) is 5.92 Å². The van der Waals surface area contributed by atoms with E-state index >= 15 is 0 Å². The van der Waals surface area contributed by atoms with Gasteiger partial charge in [-0.15, -0.1) is 0 Å². The first kappa shape index (κ1) is 18.5. The average molecular weight is 310 g/mol. The summed E-state index contributed by atoms with van der Waals surface area (Å²) in [5.41, 5.74) is 1.03. The zero-order chi connectivity index (χ0) is 16.5. The molecule has 1 N–H and O–H groups in total. The topological polar surface area (TPSA) is 57.2 Å². The SMILES string of the molecule is C=C(C)CNC(=NCC(=O)N(C)C)N(C)CC1CCOCC1. The zero-order valence-electron chi connectivity index (χ0n) is 14.4. The van der Waals surface area contributed by atoms with Gasteiger partial charge in [0.05, 0.1) is 0 Å². The molecule has 0 unspecified atom stereocenters. The van der Waals surface area contributed by atoms with Crippen molar-refractivity contribution in [3.05, 3.63) is 12.2 Å². The van der Waals surface area contributed by atoms with Crippen LogP contribution in [0.25, 0.3) is 0 Å². The van der Waals surface area contributed by atoms with Gasteiger partial charge in [0.2, 0.25) is 5.91 Å². The molecule has 6 heteroatoms. The Labute approximate surface area is 134 Å². The number of rotatable bonds is 6. The minimum atomic E-state index is -0.00547. The van der Waals surface area contributed by atoms with Crippen LogP contribution in [-0.2, 0) is 9.53 Å². The van der Waals surface area contributed by atoms with Crippen LogP contribution in [0.1, 0.15) is 19.8 Å². The van der Waals surface area contributed by atoms with E-state index in [0.29, 0.717) is 12.5 Å². The van der Waals surface area contributed by atoms with Gasteiger partial charge in [0.1, 0.15) is 6.54 Å². The predicted octanol–water partition coefficient (Wildman–Crippen LogP) is 0.955. The van der Waals surface area contributed by atoms with Crippen LogP contribution in [0.3, 0.4) is 0 Å². The fourth-order valence-electron chi connectivity index (χ4n) is 2.23. The van der Waals surface area contributed by atoms with Crippen molar-refractivity contribution in [2.75, 3.05) is 54.0 Å². The zero-order valence-corrected chi connectivity index (χ0v) is 14.4. The first-order valence-corrected chi connectivity index (χ1v) is 7.82. The number of carbonyl (C=O) groups excluding carboxylic acids is 1. The Morgan fingerprint density at radius 2 is 1.95 bits per heavy atom. The van der Waals surface area contributed by atoms with Crippen molar-refractivity contribution in [1.82, 2.24) is 15.1 Å². The summed E-state index contributed by atoms with van der Waals surface area (Å²) < 4.78 is 5.40.